The Morgan fingerprint density at radius 1 is 0.395 bits per heavy atom. The molecule has 14 rings (SSSR count). The zero-order valence-electron chi connectivity index (χ0n) is 42.0. The number of rotatable bonds is 10. The fourth-order valence-corrected chi connectivity index (χ4v) is 12.0. The third kappa shape index (κ3) is 7.91. The van der Waals surface area contributed by atoms with Crippen LogP contribution < -0.4 is 9.80 Å². The predicted octanol–water partition coefficient (Wildman–Crippen LogP) is 20.7. The maximum atomic E-state index is 3.97. The first-order chi connectivity index (χ1) is 37.6. The molecule has 2 aliphatic carbocycles. The standard InChI is InChI=1S/C74H52N2/c1-2-3-17-50-18-14-29-59(44-50)75(60-37-34-51-19-4-7-24-56(51)45-60)63-40-42-69-71(48-63)73(67-32-15-27-54-22-10-12-30-65(54)67)70-43-41-64(49-72(70)74(69)68-33-16-28-55-23-11-13-31-66(55)68)76(61-38-35-52-20-5-8-25-57(52)46-61)62-39-36-53-21-6-9-26-58(53)47-62/h2-33,35-49,51H,1,34H2. The molecular weight excluding hydrogens is 917 g/mol. The Kier molecular flexibility index (Phi) is 11.2. The van der Waals surface area contributed by atoms with E-state index in [0.29, 0.717) is 5.92 Å². The molecule has 0 aromatic heterocycles. The Bertz CT molecular complexity index is 4400. The Hall–Kier alpha value is -9.76. The molecule has 0 bridgehead atoms. The van der Waals surface area contributed by atoms with Crippen LogP contribution in [0.15, 0.2) is 297 Å². The minimum absolute atomic E-state index is 0.366. The van der Waals surface area contributed by atoms with Crippen LogP contribution in [0.4, 0.5) is 28.4 Å². The minimum Gasteiger partial charge on any atom is -0.311 e. The van der Waals surface area contributed by atoms with E-state index in [9.17, 15) is 0 Å². The third-order valence-electron chi connectivity index (χ3n) is 15.6. The summed E-state index contributed by atoms with van der Waals surface area (Å²) in [7, 11) is 0. The summed E-state index contributed by atoms with van der Waals surface area (Å²) in [6, 6.07) is 85.6. The molecular formula is C74H52N2. The van der Waals surface area contributed by atoms with Crippen LogP contribution in [0, 0.1) is 5.92 Å². The predicted molar refractivity (Wildman–Crippen MR) is 327 cm³/mol. The van der Waals surface area contributed by atoms with E-state index in [1.165, 1.54) is 92.5 Å². The highest BCUT2D eigenvalue weighted by molar-refractivity contribution is 6.26. The third-order valence-corrected chi connectivity index (χ3v) is 15.6. The number of allylic oxidation sites excluding steroid dienone is 9. The molecule has 358 valence electrons. The van der Waals surface area contributed by atoms with Gasteiger partial charge in [-0.1, -0.05) is 225 Å². The van der Waals surface area contributed by atoms with Crippen LogP contribution in [0.1, 0.15) is 12.0 Å². The summed E-state index contributed by atoms with van der Waals surface area (Å²) >= 11 is 0. The van der Waals surface area contributed by atoms with Gasteiger partial charge in [0.1, 0.15) is 0 Å². The molecule has 76 heavy (non-hydrogen) atoms. The minimum atomic E-state index is 0.366. The van der Waals surface area contributed by atoms with Crippen LogP contribution in [0.25, 0.3) is 93.0 Å². The number of benzene rings is 12. The van der Waals surface area contributed by atoms with Gasteiger partial charge in [-0.15, -0.1) is 0 Å². The highest BCUT2D eigenvalue weighted by Gasteiger charge is 2.26. The maximum absolute atomic E-state index is 3.97. The number of nitrogens with zero attached hydrogens (tertiary/aromatic N) is 2. The van der Waals surface area contributed by atoms with E-state index in [-0.39, 0.29) is 0 Å². The van der Waals surface area contributed by atoms with E-state index in [4.69, 9.17) is 0 Å². The van der Waals surface area contributed by atoms with Crippen LogP contribution in [0.5, 0.6) is 0 Å². The van der Waals surface area contributed by atoms with Crippen molar-refractivity contribution in [2.24, 2.45) is 5.92 Å². The SMILES string of the molecule is C=CC=Cc1cccc(N(C2=CCC3C=CC=CC3=C2)c2ccc3c(-c4cccc5ccccc45)c4cc(N(c5ccc6ccccc6c5)c5ccc6ccccc6c5)ccc4c(-c4cccc5ccccc45)c3c2)c1. The maximum Gasteiger partial charge on any atom is 0.0468 e. The number of fused-ring (bicyclic) bond motifs is 7. The molecule has 0 aliphatic heterocycles. The molecule has 12 aromatic carbocycles. The molecule has 1 atom stereocenters. The van der Waals surface area contributed by atoms with Gasteiger partial charge in [0.05, 0.1) is 0 Å². The quantitative estimate of drug-likeness (QED) is 0.0995. The van der Waals surface area contributed by atoms with E-state index in [1.807, 2.05) is 12.2 Å². The lowest BCUT2D eigenvalue weighted by Crippen LogP contribution is -2.19. The van der Waals surface area contributed by atoms with Gasteiger partial charge in [0.15, 0.2) is 0 Å². The van der Waals surface area contributed by atoms with Crippen molar-refractivity contribution in [1.29, 1.82) is 0 Å². The molecule has 0 N–H and O–H groups in total. The molecule has 0 fully saturated rings. The Labute approximate surface area is 443 Å². The Morgan fingerprint density at radius 3 is 1.50 bits per heavy atom. The monoisotopic (exact) mass is 968 g/mol. The van der Waals surface area contributed by atoms with E-state index in [1.54, 1.807) is 0 Å². The van der Waals surface area contributed by atoms with Gasteiger partial charge in [-0.05, 0) is 171 Å². The zero-order valence-corrected chi connectivity index (χ0v) is 42.0. The number of hydrogen-bond donors (Lipinski definition) is 0. The summed E-state index contributed by atoms with van der Waals surface area (Å²) in [6.07, 6.45) is 20.6. The molecule has 0 amide bonds. The summed E-state index contributed by atoms with van der Waals surface area (Å²) in [5.74, 6) is 0.366. The van der Waals surface area contributed by atoms with E-state index >= 15 is 0 Å². The molecule has 0 saturated heterocycles. The summed E-state index contributed by atoms with van der Waals surface area (Å²) < 4.78 is 0. The number of anilines is 5. The van der Waals surface area contributed by atoms with Gasteiger partial charge in [0.25, 0.3) is 0 Å². The van der Waals surface area contributed by atoms with Crippen molar-refractivity contribution in [3.05, 3.63) is 303 Å². The lowest BCUT2D eigenvalue weighted by Gasteiger charge is -2.31. The van der Waals surface area contributed by atoms with Crippen LogP contribution in [-0.2, 0) is 0 Å². The van der Waals surface area contributed by atoms with Crippen LogP contribution >= 0.6 is 0 Å². The van der Waals surface area contributed by atoms with Crippen molar-refractivity contribution in [1.82, 2.24) is 0 Å². The molecule has 12 aromatic rings. The summed E-state index contributed by atoms with van der Waals surface area (Å²) in [6.45, 7) is 3.97. The van der Waals surface area contributed by atoms with Crippen LogP contribution in [0.3, 0.4) is 0 Å². The van der Waals surface area contributed by atoms with Crippen molar-refractivity contribution >= 4 is 99.1 Å². The highest BCUT2D eigenvalue weighted by atomic mass is 15.2. The van der Waals surface area contributed by atoms with Gasteiger partial charge in [0, 0.05) is 40.1 Å². The topological polar surface area (TPSA) is 6.48 Å². The van der Waals surface area contributed by atoms with Gasteiger partial charge < -0.3 is 9.80 Å². The average Bonchev–Trinajstić information content (AvgIpc) is 3.60. The summed E-state index contributed by atoms with van der Waals surface area (Å²) in [4.78, 5) is 4.91. The van der Waals surface area contributed by atoms with Crippen molar-refractivity contribution < 1.29 is 0 Å². The van der Waals surface area contributed by atoms with Gasteiger partial charge in [-0.2, -0.15) is 0 Å². The lowest BCUT2D eigenvalue weighted by molar-refractivity contribution is 0.768. The molecule has 0 heterocycles. The molecule has 2 heteroatoms. The van der Waals surface area contributed by atoms with E-state index in [2.05, 4.69) is 289 Å². The fraction of sp³-hybridized carbons (Fsp3) is 0.0270. The first-order valence-electron chi connectivity index (χ1n) is 26.4. The summed E-state index contributed by atoms with van der Waals surface area (Å²) in [5, 5.41) is 14.4. The molecule has 0 radical (unpaired) electrons. The van der Waals surface area contributed by atoms with Gasteiger partial charge in [-0.25, -0.2) is 0 Å². The second-order valence-corrected chi connectivity index (χ2v) is 20.0. The second-order valence-electron chi connectivity index (χ2n) is 20.0. The second kappa shape index (κ2) is 18.9. The van der Waals surface area contributed by atoms with Gasteiger partial charge in [0.2, 0.25) is 0 Å². The fourth-order valence-electron chi connectivity index (χ4n) is 12.0. The van der Waals surface area contributed by atoms with Gasteiger partial charge in [-0.3, -0.25) is 0 Å². The van der Waals surface area contributed by atoms with E-state index in [0.717, 1.165) is 46.1 Å². The highest BCUT2D eigenvalue weighted by Crippen LogP contribution is 2.51. The Morgan fingerprint density at radius 2 is 0.895 bits per heavy atom. The van der Waals surface area contributed by atoms with Crippen molar-refractivity contribution in [2.75, 3.05) is 9.80 Å². The molecule has 2 nitrogen and oxygen atoms in total. The average molecular weight is 969 g/mol. The first-order valence-corrected chi connectivity index (χ1v) is 26.4. The Balaban J connectivity index is 1.09. The molecule has 2 aliphatic rings. The smallest absolute Gasteiger partial charge is 0.0468 e. The van der Waals surface area contributed by atoms with Crippen LogP contribution in [-0.4, -0.2) is 0 Å². The number of hydrogen-bond acceptors (Lipinski definition) is 2. The lowest BCUT2D eigenvalue weighted by atomic mass is 9.83. The van der Waals surface area contributed by atoms with Crippen LogP contribution in [0.2, 0.25) is 0 Å². The normalized spacial score (nSPS) is 14.2. The van der Waals surface area contributed by atoms with Crippen molar-refractivity contribution in [3.8, 4) is 22.3 Å². The molecule has 0 saturated carbocycles. The van der Waals surface area contributed by atoms with Crippen molar-refractivity contribution in [2.45, 2.75) is 6.42 Å². The van der Waals surface area contributed by atoms with Gasteiger partial charge >= 0.3 is 0 Å². The van der Waals surface area contributed by atoms with E-state index < -0.39 is 0 Å². The largest absolute Gasteiger partial charge is 0.311 e. The molecule has 1 unspecified atom stereocenters. The zero-order chi connectivity index (χ0) is 50.5. The summed E-state index contributed by atoms with van der Waals surface area (Å²) in [5.41, 5.74) is 13.9. The van der Waals surface area contributed by atoms with Crippen molar-refractivity contribution in [3.63, 3.8) is 0 Å². The first kappa shape index (κ1) is 44.9. The molecule has 0 spiro atoms.